The Bertz CT molecular complexity index is 1050. The number of thioether (sulfide) groups is 1. The summed E-state index contributed by atoms with van der Waals surface area (Å²) in [6, 6.07) is 15.5. The minimum absolute atomic E-state index is 0.285. The minimum atomic E-state index is 0.285. The van der Waals surface area contributed by atoms with Gasteiger partial charge in [0.1, 0.15) is 0 Å². The number of carbonyl (C=O) groups is 1. The zero-order valence-corrected chi connectivity index (χ0v) is 22.6. The summed E-state index contributed by atoms with van der Waals surface area (Å²) >= 11 is 14.1. The molecule has 7 heteroatoms. The molecule has 0 atom stereocenters. The highest BCUT2D eigenvalue weighted by atomic mass is 35.5. The molecule has 0 heterocycles. The minimum Gasteiger partial charge on any atom is -0.370 e. The van der Waals surface area contributed by atoms with Crippen LogP contribution in [-0.4, -0.2) is 43.5 Å². The number of likely N-dealkylation sites (N-methyl/N-ethyl adjacent to an activating group) is 2. The average molecular weight is 532 g/mol. The van der Waals surface area contributed by atoms with Gasteiger partial charge in [0.05, 0.1) is 23.9 Å². The zero-order chi connectivity index (χ0) is 25.0. The van der Waals surface area contributed by atoms with Crippen molar-refractivity contribution in [2.75, 3.05) is 27.2 Å². The lowest BCUT2D eigenvalue weighted by molar-refractivity contribution is -0.116. The third-order valence-electron chi connectivity index (χ3n) is 5.60. The van der Waals surface area contributed by atoms with Crippen molar-refractivity contribution < 1.29 is 9.53 Å². The first-order valence-electron chi connectivity index (χ1n) is 11.7. The summed E-state index contributed by atoms with van der Waals surface area (Å²) in [6.07, 6.45) is 11.8. The second-order valence-corrected chi connectivity index (χ2v) is 10.4. The summed E-state index contributed by atoms with van der Waals surface area (Å²) in [5.41, 5.74) is 3.25. The van der Waals surface area contributed by atoms with Gasteiger partial charge in [-0.25, -0.2) is 0 Å². The summed E-state index contributed by atoms with van der Waals surface area (Å²) in [5, 5.41) is 2.06. The second kappa shape index (κ2) is 14.4. The molecule has 2 aromatic carbocycles. The summed E-state index contributed by atoms with van der Waals surface area (Å²) in [6.45, 7) is 1.51. The summed E-state index contributed by atoms with van der Waals surface area (Å²) < 4.78 is 6.07. The Balaban J connectivity index is 1.91. The molecule has 2 aromatic rings. The van der Waals surface area contributed by atoms with Crippen LogP contribution in [0.4, 0.5) is 0 Å². The van der Waals surface area contributed by atoms with Gasteiger partial charge in [-0.05, 0) is 49.4 Å². The number of halogens is 2. The molecule has 0 spiro atoms. The van der Waals surface area contributed by atoms with Crippen LogP contribution in [0.2, 0.25) is 10.0 Å². The number of allylic oxidation sites excluding steroid dienone is 3. The highest BCUT2D eigenvalue weighted by molar-refractivity contribution is 8.03. The molecule has 0 radical (unpaired) electrons. The van der Waals surface area contributed by atoms with Gasteiger partial charge in [0.2, 0.25) is 6.41 Å². The van der Waals surface area contributed by atoms with E-state index in [0.717, 1.165) is 59.8 Å². The van der Waals surface area contributed by atoms with E-state index in [0.29, 0.717) is 16.7 Å². The third kappa shape index (κ3) is 9.08. The monoisotopic (exact) mass is 530 g/mol. The summed E-state index contributed by atoms with van der Waals surface area (Å²) in [4.78, 5) is 16.6. The van der Waals surface area contributed by atoms with Crippen LogP contribution in [0, 0.1) is 0 Å². The molecule has 0 fully saturated rings. The van der Waals surface area contributed by atoms with E-state index in [-0.39, 0.29) is 6.61 Å². The first-order chi connectivity index (χ1) is 17.0. The maximum Gasteiger partial charge on any atom is 0.213 e. The standard InChI is InChI=1S/C28H32Cl2N2O2S/c1-31(18-22-11-7-4-3-5-8-12-22)28(35-26-16-24(29)15-25(30)17-26)27(32(2)21-33)20-34-19-23-13-9-6-10-14-23/h3-4,6,9-11,13-17,21H,5,7-8,12,18-20H2,1-2H3/b4-3-,22-11+,28-27+. The van der Waals surface area contributed by atoms with Crippen molar-refractivity contribution in [2.45, 2.75) is 37.2 Å². The van der Waals surface area contributed by atoms with Crippen molar-refractivity contribution in [3.8, 4) is 0 Å². The zero-order valence-electron chi connectivity index (χ0n) is 20.3. The second-order valence-electron chi connectivity index (χ2n) is 8.47. The quantitative estimate of drug-likeness (QED) is 0.170. The fraction of sp³-hybridized carbons (Fsp3) is 0.321. The number of amides is 1. The third-order valence-corrected chi connectivity index (χ3v) is 7.25. The predicted molar refractivity (Wildman–Crippen MR) is 148 cm³/mol. The maximum absolute atomic E-state index is 11.9. The Kier molecular flexibility index (Phi) is 11.3. The molecule has 0 bridgehead atoms. The van der Waals surface area contributed by atoms with E-state index >= 15 is 0 Å². The van der Waals surface area contributed by atoms with Gasteiger partial charge >= 0.3 is 0 Å². The van der Waals surface area contributed by atoms with E-state index in [1.807, 2.05) is 42.5 Å². The molecule has 0 unspecified atom stereocenters. The van der Waals surface area contributed by atoms with Gasteiger partial charge in [-0.3, -0.25) is 4.79 Å². The van der Waals surface area contributed by atoms with Crippen LogP contribution in [0.15, 0.2) is 88.0 Å². The van der Waals surface area contributed by atoms with Crippen LogP contribution in [0.5, 0.6) is 0 Å². The van der Waals surface area contributed by atoms with E-state index in [4.69, 9.17) is 27.9 Å². The van der Waals surface area contributed by atoms with E-state index in [9.17, 15) is 4.79 Å². The highest BCUT2D eigenvalue weighted by Gasteiger charge is 2.19. The molecule has 0 saturated carbocycles. The number of hydrogen-bond acceptors (Lipinski definition) is 4. The molecule has 0 N–H and O–H groups in total. The fourth-order valence-electron chi connectivity index (χ4n) is 3.79. The van der Waals surface area contributed by atoms with E-state index in [2.05, 4.69) is 30.2 Å². The molecule has 0 aromatic heterocycles. The molecule has 35 heavy (non-hydrogen) atoms. The fourth-order valence-corrected chi connectivity index (χ4v) is 5.58. The van der Waals surface area contributed by atoms with E-state index in [1.165, 1.54) is 17.3 Å². The van der Waals surface area contributed by atoms with Crippen molar-refractivity contribution in [3.05, 3.63) is 98.7 Å². The summed E-state index contributed by atoms with van der Waals surface area (Å²) in [5.74, 6) is 0. The molecule has 1 aliphatic carbocycles. The van der Waals surface area contributed by atoms with Crippen molar-refractivity contribution in [3.63, 3.8) is 0 Å². The molecular weight excluding hydrogens is 499 g/mol. The Morgan fingerprint density at radius 3 is 2.54 bits per heavy atom. The highest BCUT2D eigenvalue weighted by Crippen LogP contribution is 2.36. The van der Waals surface area contributed by atoms with Crippen molar-refractivity contribution in [1.82, 2.24) is 9.80 Å². The van der Waals surface area contributed by atoms with Crippen molar-refractivity contribution in [2.24, 2.45) is 0 Å². The number of benzene rings is 2. The molecule has 4 nitrogen and oxygen atoms in total. The van der Waals surface area contributed by atoms with Gasteiger partial charge in [-0.2, -0.15) is 0 Å². The molecule has 3 rings (SSSR count). The van der Waals surface area contributed by atoms with Gasteiger partial charge < -0.3 is 14.5 Å². The lowest BCUT2D eigenvalue weighted by atomic mass is 10.0. The summed E-state index contributed by atoms with van der Waals surface area (Å²) in [7, 11) is 3.81. The number of hydrogen-bond donors (Lipinski definition) is 0. The van der Waals surface area contributed by atoms with Crippen LogP contribution in [-0.2, 0) is 16.1 Å². The van der Waals surface area contributed by atoms with Crippen LogP contribution in [0.1, 0.15) is 31.2 Å². The van der Waals surface area contributed by atoms with Crippen LogP contribution in [0.25, 0.3) is 0 Å². The lowest BCUT2D eigenvalue weighted by Gasteiger charge is -2.29. The first-order valence-corrected chi connectivity index (χ1v) is 13.2. The number of nitrogens with zero attached hydrogens (tertiary/aromatic N) is 2. The molecule has 186 valence electrons. The molecular formula is C28H32Cl2N2O2S. The van der Waals surface area contributed by atoms with Crippen molar-refractivity contribution in [1.29, 1.82) is 0 Å². The molecule has 0 aliphatic heterocycles. The van der Waals surface area contributed by atoms with Crippen molar-refractivity contribution >= 4 is 41.4 Å². The van der Waals surface area contributed by atoms with Gasteiger partial charge in [-0.15, -0.1) is 0 Å². The lowest BCUT2D eigenvalue weighted by Crippen LogP contribution is -2.28. The Morgan fingerprint density at radius 1 is 1.09 bits per heavy atom. The van der Waals surface area contributed by atoms with Gasteiger partial charge in [-0.1, -0.05) is 89.1 Å². The largest absolute Gasteiger partial charge is 0.370 e. The van der Waals surface area contributed by atoms with E-state index < -0.39 is 0 Å². The van der Waals surface area contributed by atoms with Crippen LogP contribution < -0.4 is 0 Å². The topological polar surface area (TPSA) is 32.8 Å². The first kappa shape index (κ1) is 27.4. The molecule has 1 aliphatic rings. The molecule has 1 amide bonds. The van der Waals surface area contributed by atoms with Gasteiger partial charge in [0.25, 0.3) is 0 Å². The maximum atomic E-state index is 11.9. The Morgan fingerprint density at radius 2 is 1.83 bits per heavy atom. The van der Waals surface area contributed by atoms with Crippen LogP contribution >= 0.6 is 35.0 Å². The normalized spacial score (nSPS) is 16.9. The van der Waals surface area contributed by atoms with E-state index in [1.54, 1.807) is 18.0 Å². The predicted octanol–water partition coefficient (Wildman–Crippen LogP) is 7.55. The van der Waals surface area contributed by atoms with Crippen LogP contribution in [0.3, 0.4) is 0 Å². The Hall–Kier alpha value is -2.18. The smallest absolute Gasteiger partial charge is 0.213 e. The number of ether oxygens (including phenoxy) is 1. The SMILES string of the molecule is CN(C=O)/C(COCc1ccccc1)=C(/Sc1cc(Cl)cc(Cl)c1)N(C)C/C1=C/C/C=C\CCC1. The number of rotatable bonds is 11. The number of carbonyl (C=O) groups excluding carboxylic acids is 1. The average Bonchev–Trinajstić information content (AvgIpc) is 2.82. The van der Waals surface area contributed by atoms with Gasteiger partial charge in [0, 0.05) is 35.6 Å². The van der Waals surface area contributed by atoms with Gasteiger partial charge in [0.15, 0.2) is 0 Å². The Labute approximate surface area is 223 Å². The molecule has 0 saturated heterocycles.